The van der Waals surface area contributed by atoms with Crippen molar-refractivity contribution in [2.45, 2.75) is 36.5 Å². The lowest BCUT2D eigenvalue weighted by Crippen LogP contribution is -2.43. The first kappa shape index (κ1) is 29.3. The smallest absolute Gasteiger partial charge is 0.132 e. The maximum absolute atomic E-state index is 6.84. The van der Waals surface area contributed by atoms with E-state index in [-0.39, 0.29) is 10.8 Å². The van der Waals surface area contributed by atoms with Crippen LogP contribution in [0.15, 0.2) is 121 Å². The molecule has 0 bridgehead atoms. The minimum absolute atomic E-state index is 0.313. The zero-order valence-corrected chi connectivity index (χ0v) is 28.5. The molecule has 0 amide bonds. The van der Waals surface area contributed by atoms with Crippen LogP contribution in [0.1, 0.15) is 47.9 Å². The van der Waals surface area contributed by atoms with Crippen molar-refractivity contribution in [3.8, 4) is 23.0 Å². The summed E-state index contributed by atoms with van der Waals surface area (Å²) in [6.45, 7) is 0. The predicted octanol–water partition coefficient (Wildman–Crippen LogP) is 10.7. The fourth-order valence-corrected chi connectivity index (χ4v) is 9.72. The standard InChI is InChI=1S/C46H36N4O2/c47-33-5-1-25-21-41-37(17-29(25)13-33)45(38-18-30-14-34(48)6-2-26(30)22-42(38)51-41)9-11-46(12-10-45)39-19-31-15-35(49)7-3-27(31)23-43(39)52-44-24-28-4-8-36(50)16-32(28)20-40(44)46/h1-8,13-24H,9-12,47-50H2. The van der Waals surface area contributed by atoms with Gasteiger partial charge >= 0.3 is 0 Å². The molecule has 0 aromatic heterocycles. The van der Waals surface area contributed by atoms with E-state index >= 15 is 0 Å². The lowest BCUT2D eigenvalue weighted by Gasteiger charge is -2.51. The number of ether oxygens (including phenoxy) is 2. The van der Waals surface area contributed by atoms with Crippen LogP contribution in [0, 0.1) is 0 Å². The molecule has 8 aromatic carbocycles. The highest BCUT2D eigenvalue weighted by molar-refractivity contribution is 5.93. The molecular formula is C46H36N4O2. The van der Waals surface area contributed by atoms with Gasteiger partial charge in [-0.25, -0.2) is 0 Å². The van der Waals surface area contributed by atoms with Crippen molar-refractivity contribution < 1.29 is 9.47 Å². The summed E-state index contributed by atoms with van der Waals surface area (Å²) in [5, 5.41) is 8.90. The first-order valence-corrected chi connectivity index (χ1v) is 18.0. The largest absolute Gasteiger partial charge is 0.457 e. The number of nitrogens with two attached hydrogens (primary N) is 4. The molecule has 8 N–H and O–H groups in total. The third kappa shape index (κ3) is 4.06. The number of rotatable bonds is 0. The molecule has 0 unspecified atom stereocenters. The lowest BCUT2D eigenvalue weighted by atomic mass is 9.54. The molecule has 1 fully saturated rings. The highest BCUT2D eigenvalue weighted by atomic mass is 16.5. The summed E-state index contributed by atoms with van der Waals surface area (Å²) >= 11 is 0. The van der Waals surface area contributed by atoms with Crippen LogP contribution >= 0.6 is 0 Å². The van der Waals surface area contributed by atoms with Crippen molar-refractivity contribution in [2.24, 2.45) is 0 Å². The van der Waals surface area contributed by atoms with Gasteiger partial charge in [0.25, 0.3) is 0 Å². The van der Waals surface area contributed by atoms with Crippen LogP contribution in [0.4, 0.5) is 22.7 Å². The fourth-order valence-electron chi connectivity index (χ4n) is 9.72. The third-order valence-corrected chi connectivity index (χ3v) is 12.3. The summed E-state index contributed by atoms with van der Waals surface area (Å²) in [5.74, 6) is 3.63. The van der Waals surface area contributed by atoms with Gasteiger partial charge in [0, 0.05) is 55.8 Å². The van der Waals surface area contributed by atoms with Gasteiger partial charge in [-0.15, -0.1) is 0 Å². The van der Waals surface area contributed by atoms with Gasteiger partial charge in [-0.2, -0.15) is 0 Å². The van der Waals surface area contributed by atoms with Crippen LogP contribution in [0.2, 0.25) is 0 Å². The average Bonchev–Trinajstić information content (AvgIpc) is 3.14. The third-order valence-electron chi connectivity index (χ3n) is 12.3. The van der Waals surface area contributed by atoms with Crippen molar-refractivity contribution >= 4 is 65.8 Å². The van der Waals surface area contributed by atoms with Crippen LogP contribution in [-0.2, 0) is 10.8 Å². The van der Waals surface area contributed by atoms with E-state index in [4.69, 9.17) is 32.4 Å². The number of nitrogen functional groups attached to an aromatic ring is 4. The van der Waals surface area contributed by atoms with Crippen LogP contribution in [0.5, 0.6) is 23.0 Å². The summed E-state index contributed by atoms with van der Waals surface area (Å²) in [5.41, 5.74) is 32.5. The summed E-state index contributed by atoms with van der Waals surface area (Å²) in [4.78, 5) is 0. The Bertz CT molecular complexity index is 2490. The van der Waals surface area contributed by atoms with Crippen molar-refractivity contribution in [3.63, 3.8) is 0 Å². The number of hydrogen-bond donors (Lipinski definition) is 4. The molecule has 252 valence electrons. The average molecular weight is 677 g/mol. The normalized spacial score (nSPS) is 16.3. The van der Waals surface area contributed by atoms with Crippen LogP contribution in [0.3, 0.4) is 0 Å². The molecule has 1 aliphatic carbocycles. The fraction of sp³-hybridized carbons (Fsp3) is 0.130. The van der Waals surface area contributed by atoms with Gasteiger partial charge in [-0.1, -0.05) is 24.3 Å². The van der Waals surface area contributed by atoms with E-state index in [9.17, 15) is 0 Å². The maximum atomic E-state index is 6.84. The molecule has 0 atom stereocenters. The molecule has 0 saturated heterocycles. The van der Waals surface area contributed by atoms with Crippen LogP contribution in [-0.4, -0.2) is 0 Å². The molecule has 6 heteroatoms. The minimum atomic E-state index is -0.313. The molecule has 11 rings (SSSR count). The summed E-state index contributed by atoms with van der Waals surface area (Å²) in [7, 11) is 0. The maximum Gasteiger partial charge on any atom is 0.132 e. The molecule has 1 saturated carbocycles. The first-order chi connectivity index (χ1) is 25.2. The van der Waals surface area contributed by atoms with E-state index in [1.54, 1.807) is 0 Å². The second-order valence-electron chi connectivity index (χ2n) is 15.2. The van der Waals surface area contributed by atoms with Crippen LogP contribution < -0.4 is 32.4 Å². The Morgan fingerprint density at radius 3 is 0.808 bits per heavy atom. The highest BCUT2D eigenvalue weighted by Gasteiger charge is 2.53. The van der Waals surface area contributed by atoms with Crippen molar-refractivity contribution in [3.05, 3.63) is 144 Å². The topological polar surface area (TPSA) is 123 Å². The summed E-state index contributed by atoms with van der Waals surface area (Å²) < 4.78 is 13.7. The lowest BCUT2D eigenvalue weighted by molar-refractivity contribution is 0.227. The number of anilines is 4. The zero-order chi connectivity index (χ0) is 34.9. The van der Waals surface area contributed by atoms with E-state index in [0.29, 0.717) is 0 Å². The Labute approximate surface area is 300 Å². The highest BCUT2D eigenvalue weighted by Crippen LogP contribution is 2.64. The Morgan fingerprint density at radius 1 is 0.308 bits per heavy atom. The molecule has 6 nitrogen and oxygen atoms in total. The summed E-state index contributed by atoms with van der Waals surface area (Å²) in [6.07, 6.45) is 3.56. The number of benzene rings is 8. The van der Waals surface area contributed by atoms with E-state index in [0.717, 1.165) is 115 Å². The monoisotopic (exact) mass is 676 g/mol. The first-order valence-electron chi connectivity index (χ1n) is 18.0. The van der Waals surface area contributed by atoms with Gasteiger partial charge in [-0.05, 0) is 166 Å². The van der Waals surface area contributed by atoms with Crippen molar-refractivity contribution in [2.75, 3.05) is 22.9 Å². The predicted molar refractivity (Wildman–Crippen MR) is 214 cm³/mol. The van der Waals surface area contributed by atoms with Crippen LogP contribution in [0.25, 0.3) is 43.1 Å². The molecule has 2 aliphatic heterocycles. The van der Waals surface area contributed by atoms with Crippen molar-refractivity contribution in [1.29, 1.82) is 0 Å². The Kier molecular flexibility index (Phi) is 5.70. The summed E-state index contributed by atoms with van der Waals surface area (Å²) in [6, 6.07) is 42.5. The molecule has 2 heterocycles. The van der Waals surface area contributed by atoms with Gasteiger partial charge in [0.2, 0.25) is 0 Å². The second-order valence-corrected chi connectivity index (χ2v) is 15.2. The van der Waals surface area contributed by atoms with Gasteiger partial charge in [0.1, 0.15) is 23.0 Å². The van der Waals surface area contributed by atoms with Gasteiger partial charge in [-0.3, -0.25) is 0 Å². The zero-order valence-electron chi connectivity index (χ0n) is 28.5. The Hall–Kier alpha value is -6.40. The van der Waals surface area contributed by atoms with Crippen molar-refractivity contribution in [1.82, 2.24) is 0 Å². The second kappa shape index (κ2) is 10.1. The Morgan fingerprint density at radius 2 is 0.558 bits per heavy atom. The Balaban J connectivity index is 1.15. The van der Waals surface area contributed by atoms with E-state index < -0.39 is 0 Å². The quantitative estimate of drug-likeness (QED) is 0.119. The number of fused-ring (bicyclic) bond motifs is 12. The van der Waals surface area contributed by atoms with Gasteiger partial charge in [0.05, 0.1) is 0 Å². The van der Waals surface area contributed by atoms with Gasteiger partial charge < -0.3 is 32.4 Å². The van der Waals surface area contributed by atoms with E-state index in [2.05, 4.69) is 97.1 Å². The molecular weight excluding hydrogens is 641 g/mol. The van der Waals surface area contributed by atoms with E-state index in [1.165, 1.54) is 22.3 Å². The number of hydrogen-bond acceptors (Lipinski definition) is 6. The van der Waals surface area contributed by atoms with Gasteiger partial charge in [0.15, 0.2) is 0 Å². The molecule has 52 heavy (non-hydrogen) atoms. The SMILES string of the molecule is Nc1ccc2cc3c(cc2c1)C1(CCC2(CC1)c1cc4cc(N)ccc4cc1Oc1cc4ccc(N)cc4cc12)c1cc2cc(N)ccc2cc1O3. The minimum Gasteiger partial charge on any atom is -0.457 e. The molecule has 2 spiro atoms. The molecule has 8 aromatic rings. The molecule has 0 radical (unpaired) electrons. The van der Waals surface area contributed by atoms with E-state index in [1.807, 2.05) is 24.3 Å². The molecule has 3 aliphatic rings.